The molecule has 4 heteroatoms. The highest BCUT2D eigenvalue weighted by Crippen LogP contribution is 2.34. The van der Waals surface area contributed by atoms with E-state index >= 15 is 0 Å². The zero-order valence-corrected chi connectivity index (χ0v) is 12.0. The van der Waals surface area contributed by atoms with Crippen LogP contribution in [0, 0.1) is 12.8 Å². The molecule has 4 nitrogen and oxygen atoms in total. The third-order valence-corrected chi connectivity index (χ3v) is 3.76. The zero-order chi connectivity index (χ0) is 24.1. The number of hydrogen-bond acceptors (Lipinski definition) is 2. The van der Waals surface area contributed by atoms with Crippen LogP contribution >= 0.6 is 0 Å². The lowest BCUT2D eigenvalue weighted by atomic mass is 9.85. The van der Waals surface area contributed by atoms with Crippen molar-refractivity contribution in [3.63, 3.8) is 0 Å². The molecule has 2 heterocycles. The topological polar surface area (TPSA) is 39.8 Å². The van der Waals surface area contributed by atoms with Crippen molar-refractivity contribution in [3.8, 4) is 0 Å². The van der Waals surface area contributed by atoms with Gasteiger partial charge in [-0.3, -0.25) is 4.79 Å². The van der Waals surface area contributed by atoms with E-state index in [2.05, 4.69) is 4.98 Å². The summed E-state index contributed by atoms with van der Waals surface area (Å²) in [6.45, 7) is -1.26. The molecule has 0 radical (unpaired) electrons. The number of benzene rings is 1. The van der Waals surface area contributed by atoms with Gasteiger partial charge in [0.05, 0.1) is 8.22 Å². The maximum Gasteiger partial charge on any atom is 0.170 e. The van der Waals surface area contributed by atoms with Crippen LogP contribution in [0.25, 0.3) is 10.9 Å². The SMILES string of the molecule is [2H]c1c([2H])c([2H])c2c(c1[2H])c1c(n2C)C([2H])([2H])C([2H])([2H])C(C([2H])([2H])n2ccnc2C)C1=O. The summed E-state index contributed by atoms with van der Waals surface area (Å²) in [5, 5.41) is -0.249. The van der Waals surface area contributed by atoms with Gasteiger partial charge in [0.2, 0.25) is 0 Å². The first-order valence-corrected chi connectivity index (χ1v) is 6.74. The van der Waals surface area contributed by atoms with Crippen molar-refractivity contribution in [2.75, 3.05) is 0 Å². The van der Waals surface area contributed by atoms with E-state index in [-0.39, 0.29) is 16.7 Å². The van der Waals surface area contributed by atoms with Crippen LogP contribution in [0.2, 0.25) is 0 Å². The van der Waals surface area contributed by atoms with E-state index in [0.29, 0.717) is 0 Å². The van der Waals surface area contributed by atoms with Crippen molar-refractivity contribution in [1.29, 1.82) is 0 Å². The van der Waals surface area contributed by atoms with Gasteiger partial charge in [0, 0.05) is 59.5 Å². The summed E-state index contributed by atoms with van der Waals surface area (Å²) in [5.74, 6) is -3.08. The third kappa shape index (κ3) is 1.83. The first-order valence-electron chi connectivity index (χ1n) is 11.7. The molecule has 4 rings (SSSR count). The minimum Gasteiger partial charge on any atom is -0.347 e. The van der Waals surface area contributed by atoms with E-state index in [1.54, 1.807) is 0 Å². The molecule has 0 spiro atoms. The number of aromatic nitrogens is 3. The molecule has 0 N–H and O–H groups in total. The summed E-state index contributed by atoms with van der Waals surface area (Å²) in [6.07, 6.45) is -3.42. The number of fused-ring (bicyclic) bond motifs is 3. The highest BCUT2D eigenvalue weighted by Gasteiger charge is 2.32. The van der Waals surface area contributed by atoms with Crippen LogP contribution in [0.4, 0.5) is 0 Å². The van der Waals surface area contributed by atoms with Crippen LogP contribution in [0.1, 0.15) is 42.0 Å². The molecule has 2 aromatic heterocycles. The predicted octanol–water partition coefficient (Wildman–Crippen LogP) is 3.13. The maximum absolute atomic E-state index is 13.7. The van der Waals surface area contributed by atoms with Crippen molar-refractivity contribution in [3.05, 3.63) is 53.6 Å². The molecular weight excluding hydrogens is 274 g/mol. The second-order valence-electron chi connectivity index (χ2n) is 5.05. The molecule has 1 atom stereocenters. The number of Topliss-reactive ketones (excluding diaryl/α,β-unsaturated/α-hetero) is 1. The minimum atomic E-state index is -3.03. The molecule has 1 aliphatic rings. The van der Waals surface area contributed by atoms with E-state index < -0.39 is 66.4 Å². The fourth-order valence-electron chi connectivity index (χ4n) is 2.62. The number of nitrogens with zero attached hydrogens (tertiary/aromatic N) is 3. The molecular formula is C18H19N3O. The van der Waals surface area contributed by atoms with Gasteiger partial charge in [-0.05, 0) is 25.7 Å². The van der Waals surface area contributed by atoms with Gasteiger partial charge in [-0.2, -0.15) is 0 Å². The number of imidazole rings is 1. The maximum atomic E-state index is 13.7. The monoisotopic (exact) mass is 303 g/mol. The quantitative estimate of drug-likeness (QED) is 0.729. The summed E-state index contributed by atoms with van der Waals surface area (Å²) < 4.78 is 86.1. The van der Waals surface area contributed by atoms with Gasteiger partial charge in [-0.25, -0.2) is 4.98 Å². The van der Waals surface area contributed by atoms with Crippen molar-refractivity contribution in [1.82, 2.24) is 14.1 Å². The standard InChI is InChI=1S/C18H19N3O/c1-12-19-9-10-21(12)11-13-7-8-16-17(18(13)22)14-5-3-4-6-15(14)20(16)2/h3-6,9-10,13H,7-8,11H2,1-2H3/i3D,4D,5D,6D,7D2,8D2,11D2. The zero-order valence-electron chi connectivity index (χ0n) is 22.0. The van der Waals surface area contributed by atoms with Crippen molar-refractivity contribution in [2.24, 2.45) is 13.0 Å². The molecule has 0 bridgehead atoms. The Balaban J connectivity index is 2.16. The van der Waals surface area contributed by atoms with Crippen molar-refractivity contribution >= 4 is 16.7 Å². The number of hydrogen-bond donors (Lipinski definition) is 0. The lowest BCUT2D eigenvalue weighted by Gasteiger charge is -2.23. The van der Waals surface area contributed by atoms with E-state index in [1.165, 1.54) is 26.4 Å². The molecule has 1 aliphatic carbocycles. The molecule has 22 heavy (non-hydrogen) atoms. The van der Waals surface area contributed by atoms with Gasteiger partial charge in [0.1, 0.15) is 5.82 Å². The average Bonchev–Trinajstić information content (AvgIpc) is 3.25. The van der Waals surface area contributed by atoms with Crippen LogP contribution in [0.15, 0.2) is 36.6 Å². The van der Waals surface area contributed by atoms with Gasteiger partial charge in [-0.15, -0.1) is 0 Å². The number of carbonyl (C=O) groups excluding carboxylic acids is 1. The molecule has 1 unspecified atom stereocenters. The summed E-state index contributed by atoms with van der Waals surface area (Å²) in [7, 11) is 1.30. The summed E-state index contributed by atoms with van der Waals surface area (Å²) in [6, 6.07) is -2.25. The lowest BCUT2D eigenvalue weighted by molar-refractivity contribution is 0.0888. The second-order valence-corrected chi connectivity index (χ2v) is 5.05. The highest BCUT2D eigenvalue weighted by atomic mass is 16.1. The van der Waals surface area contributed by atoms with Gasteiger partial charge in [0.15, 0.2) is 5.78 Å². The fraction of sp³-hybridized carbons (Fsp3) is 0.333. The minimum absolute atomic E-state index is 0.144. The van der Waals surface area contributed by atoms with Crippen molar-refractivity contribution in [2.45, 2.75) is 26.2 Å². The molecule has 112 valence electrons. The third-order valence-electron chi connectivity index (χ3n) is 3.76. The fourth-order valence-corrected chi connectivity index (χ4v) is 2.62. The highest BCUT2D eigenvalue weighted by molar-refractivity contribution is 6.11. The van der Waals surface area contributed by atoms with Crippen LogP contribution in [-0.2, 0) is 19.9 Å². The first kappa shape index (κ1) is 6.41. The average molecular weight is 303 g/mol. The van der Waals surface area contributed by atoms with Crippen LogP contribution < -0.4 is 0 Å². The predicted molar refractivity (Wildman–Crippen MR) is 86.0 cm³/mol. The van der Waals surface area contributed by atoms with E-state index in [1.807, 2.05) is 0 Å². The van der Waals surface area contributed by atoms with Gasteiger partial charge >= 0.3 is 0 Å². The summed E-state index contributed by atoms with van der Waals surface area (Å²) >= 11 is 0. The number of carbonyl (C=O) groups is 1. The molecule has 0 saturated heterocycles. The number of ketones is 1. The lowest BCUT2D eigenvalue weighted by Crippen LogP contribution is -2.27. The second kappa shape index (κ2) is 4.83. The smallest absolute Gasteiger partial charge is 0.170 e. The van der Waals surface area contributed by atoms with Crippen LogP contribution in [-0.4, -0.2) is 19.9 Å². The van der Waals surface area contributed by atoms with Crippen molar-refractivity contribution < 1.29 is 18.5 Å². The first-order chi connectivity index (χ1) is 14.6. The Morgan fingerprint density at radius 3 is 3.09 bits per heavy atom. The number of para-hydroxylation sites is 1. The van der Waals surface area contributed by atoms with Gasteiger partial charge < -0.3 is 9.13 Å². The number of aryl methyl sites for hydroxylation is 2. The summed E-state index contributed by atoms with van der Waals surface area (Å²) in [5.41, 5.74) is -1.01. The largest absolute Gasteiger partial charge is 0.347 e. The van der Waals surface area contributed by atoms with E-state index in [4.69, 9.17) is 13.7 Å². The normalized spacial score (nSPS) is 29.7. The molecule has 0 saturated carbocycles. The molecule has 0 amide bonds. The Kier molecular flexibility index (Phi) is 1.41. The van der Waals surface area contributed by atoms with E-state index in [9.17, 15) is 4.79 Å². The van der Waals surface area contributed by atoms with Gasteiger partial charge in [0.25, 0.3) is 0 Å². The molecule has 3 aromatic rings. The van der Waals surface area contributed by atoms with Crippen LogP contribution in [0.3, 0.4) is 0 Å². The van der Waals surface area contributed by atoms with E-state index in [0.717, 1.165) is 9.13 Å². The van der Waals surface area contributed by atoms with Crippen LogP contribution in [0.5, 0.6) is 0 Å². The molecule has 0 fully saturated rings. The Morgan fingerprint density at radius 1 is 1.50 bits per heavy atom. The Morgan fingerprint density at radius 2 is 2.32 bits per heavy atom. The Hall–Kier alpha value is -2.36. The summed E-state index contributed by atoms with van der Waals surface area (Å²) in [4.78, 5) is 17.6. The van der Waals surface area contributed by atoms with Gasteiger partial charge in [-0.1, -0.05) is 18.1 Å². The number of rotatable bonds is 2. The Bertz CT molecular complexity index is 1310. The molecule has 1 aromatic carbocycles. The Labute approximate surface area is 143 Å². The molecule has 0 aliphatic heterocycles.